The predicted molar refractivity (Wildman–Crippen MR) is 76.2 cm³/mol. The molecule has 1 aromatic rings. The third-order valence-electron chi connectivity index (χ3n) is 3.57. The molecular weight excluding hydrogens is 244 g/mol. The fourth-order valence-corrected chi connectivity index (χ4v) is 3.81. The monoisotopic (exact) mass is 268 g/mol. The summed E-state index contributed by atoms with van der Waals surface area (Å²) in [6.07, 6.45) is 2.33. The van der Waals surface area contributed by atoms with Gasteiger partial charge in [0.15, 0.2) is 0 Å². The first-order valence-electron chi connectivity index (χ1n) is 6.77. The second-order valence-corrected chi connectivity index (χ2v) is 6.88. The largest absolute Gasteiger partial charge is 0.378 e. The van der Waals surface area contributed by atoms with Gasteiger partial charge in [0, 0.05) is 17.5 Å². The summed E-state index contributed by atoms with van der Waals surface area (Å²) in [7, 11) is 0. The van der Waals surface area contributed by atoms with Crippen LogP contribution in [0.25, 0.3) is 0 Å². The molecule has 0 spiro atoms. The number of nitrogens with zero attached hydrogens (tertiary/aromatic N) is 1. The quantitative estimate of drug-likeness (QED) is 0.914. The summed E-state index contributed by atoms with van der Waals surface area (Å²) in [4.78, 5) is 6.12. The highest BCUT2D eigenvalue weighted by Gasteiger charge is 2.40. The van der Waals surface area contributed by atoms with E-state index in [0.717, 1.165) is 19.4 Å². The zero-order valence-corrected chi connectivity index (χ0v) is 12.9. The fourth-order valence-electron chi connectivity index (χ4n) is 2.70. The van der Waals surface area contributed by atoms with Gasteiger partial charge in [-0.1, -0.05) is 0 Å². The van der Waals surface area contributed by atoms with Crippen LogP contribution in [0.2, 0.25) is 0 Å². The number of aromatic nitrogens is 1. The van der Waals surface area contributed by atoms with E-state index in [2.05, 4.69) is 39.9 Å². The van der Waals surface area contributed by atoms with Gasteiger partial charge >= 0.3 is 0 Å². The fraction of sp³-hybridized carbons (Fsp3) is 0.786. The van der Waals surface area contributed by atoms with Crippen molar-refractivity contribution in [2.24, 2.45) is 0 Å². The van der Waals surface area contributed by atoms with E-state index in [4.69, 9.17) is 9.72 Å². The van der Waals surface area contributed by atoms with E-state index in [9.17, 15) is 0 Å². The summed E-state index contributed by atoms with van der Waals surface area (Å²) >= 11 is 1.83. The van der Waals surface area contributed by atoms with Crippen molar-refractivity contribution in [3.63, 3.8) is 0 Å². The maximum atomic E-state index is 5.71. The van der Waals surface area contributed by atoms with E-state index in [0.29, 0.717) is 12.1 Å². The van der Waals surface area contributed by atoms with Crippen LogP contribution in [0, 0.1) is 13.8 Å². The van der Waals surface area contributed by atoms with Crippen molar-refractivity contribution >= 4 is 11.3 Å². The lowest BCUT2D eigenvalue weighted by Gasteiger charge is -2.40. The predicted octanol–water partition coefficient (Wildman–Crippen LogP) is 3.15. The molecule has 1 fully saturated rings. The minimum Gasteiger partial charge on any atom is -0.378 e. The van der Waals surface area contributed by atoms with E-state index < -0.39 is 0 Å². The van der Waals surface area contributed by atoms with Gasteiger partial charge in [0.2, 0.25) is 0 Å². The van der Waals surface area contributed by atoms with Gasteiger partial charge in [-0.25, -0.2) is 4.98 Å². The van der Waals surface area contributed by atoms with E-state index in [1.807, 2.05) is 11.3 Å². The standard InChI is InChI=1S/C14H24N2OS/c1-9(2)16-14(6-7-17-10(3)8-14)13-15-11(4)12(5)18-13/h9-10,16H,6-8H2,1-5H3. The van der Waals surface area contributed by atoms with E-state index >= 15 is 0 Å². The highest BCUT2D eigenvalue weighted by Crippen LogP contribution is 2.38. The van der Waals surface area contributed by atoms with Crippen LogP contribution >= 0.6 is 11.3 Å². The molecule has 18 heavy (non-hydrogen) atoms. The molecule has 0 amide bonds. The normalized spacial score (nSPS) is 28.9. The van der Waals surface area contributed by atoms with Gasteiger partial charge in [0.05, 0.1) is 17.3 Å². The first-order chi connectivity index (χ1) is 8.43. The van der Waals surface area contributed by atoms with E-state index in [1.165, 1.54) is 15.6 Å². The maximum absolute atomic E-state index is 5.71. The topological polar surface area (TPSA) is 34.2 Å². The van der Waals surface area contributed by atoms with Crippen molar-refractivity contribution in [3.8, 4) is 0 Å². The molecule has 1 saturated heterocycles. The highest BCUT2D eigenvalue weighted by atomic mass is 32.1. The highest BCUT2D eigenvalue weighted by molar-refractivity contribution is 7.11. The molecule has 0 radical (unpaired) electrons. The number of nitrogens with one attached hydrogen (secondary N) is 1. The summed E-state index contributed by atoms with van der Waals surface area (Å²) in [5.41, 5.74) is 1.18. The number of hydrogen-bond donors (Lipinski definition) is 1. The van der Waals surface area contributed by atoms with Gasteiger partial charge in [-0.15, -0.1) is 11.3 Å². The van der Waals surface area contributed by atoms with Gasteiger partial charge < -0.3 is 10.1 Å². The lowest BCUT2D eigenvalue weighted by Crippen LogP contribution is -2.51. The molecule has 102 valence electrons. The molecule has 1 aliphatic heterocycles. The van der Waals surface area contributed by atoms with Crippen LogP contribution in [0.3, 0.4) is 0 Å². The van der Waals surface area contributed by atoms with Crippen LogP contribution in [0.5, 0.6) is 0 Å². The molecule has 0 saturated carbocycles. The minimum atomic E-state index is 0.00944. The van der Waals surface area contributed by atoms with Crippen LogP contribution in [-0.4, -0.2) is 23.7 Å². The van der Waals surface area contributed by atoms with Crippen LogP contribution < -0.4 is 5.32 Å². The van der Waals surface area contributed by atoms with Crippen molar-refractivity contribution in [1.82, 2.24) is 10.3 Å². The number of rotatable bonds is 3. The molecule has 2 unspecified atom stereocenters. The number of aryl methyl sites for hydroxylation is 2. The Morgan fingerprint density at radius 1 is 1.44 bits per heavy atom. The maximum Gasteiger partial charge on any atom is 0.113 e. The van der Waals surface area contributed by atoms with Gasteiger partial charge in [-0.2, -0.15) is 0 Å². The Hall–Kier alpha value is -0.450. The van der Waals surface area contributed by atoms with Crippen LogP contribution in [-0.2, 0) is 10.3 Å². The Balaban J connectivity index is 2.34. The Morgan fingerprint density at radius 2 is 2.17 bits per heavy atom. The summed E-state index contributed by atoms with van der Waals surface area (Å²) in [6, 6.07) is 0.458. The lowest BCUT2D eigenvalue weighted by atomic mass is 9.86. The summed E-state index contributed by atoms with van der Waals surface area (Å²) in [5.74, 6) is 0. The molecule has 2 atom stereocenters. The number of thiazole rings is 1. The first-order valence-corrected chi connectivity index (χ1v) is 7.58. The molecule has 0 aliphatic carbocycles. The van der Waals surface area contributed by atoms with Crippen LogP contribution in [0.15, 0.2) is 0 Å². The van der Waals surface area contributed by atoms with Crippen LogP contribution in [0.1, 0.15) is 49.2 Å². The van der Waals surface area contributed by atoms with Crippen molar-refractivity contribution in [1.29, 1.82) is 0 Å². The molecule has 0 aromatic carbocycles. The first kappa shape index (κ1) is 14.0. The molecule has 4 heteroatoms. The van der Waals surface area contributed by atoms with Gasteiger partial charge in [0.1, 0.15) is 5.01 Å². The second kappa shape index (κ2) is 5.27. The molecule has 2 heterocycles. The zero-order valence-electron chi connectivity index (χ0n) is 12.0. The molecular formula is C14H24N2OS. The van der Waals surface area contributed by atoms with E-state index in [-0.39, 0.29) is 5.54 Å². The van der Waals surface area contributed by atoms with Crippen molar-refractivity contribution in [2.75, 3.05) is 6.61 Å². The minimum absolute atomic E-state index is 0.00944. The number of ether oxygens (including phenoxy) is 1. The molecule has 0 bridgehead atoms. The average Bonchev–Trinajstić information content (AvgIpc) is 2.59. The zero-order chi connectivity index (χ0) is 13.3. The van der Waals surface area contributed by atoms with E-state index in [1.54, 1.807) is 0 Å². The van der Waals surface area contributed by atoms with Gasteiger partial charge in [-0.3, -0.25) is 0 Å². The van der Waals surface area contributed by atoms with Gasteiger partial charge in [0.25, 0.3) is 0 Å². The molecule has 1 N–H and O–H groups in total. The van der Waals surface area contributed by atoms with Crippen molar-refractivity contribution in [2.45, 2.75) is 65.1 Å². The Labute approximate surface area is 114 Å². The Kier molecular flexibility index (Phi) is 4.09. The summed E-state index contributed by atoms with van der Waals surface area (Å²) in [6.45, 7) is 11.6. The summed E-state index contributed by atoms with van der Waals surface area (Å²) < 4.78 is 5.71. The molecule has 2 rings (SSSR count). The van der Waals surface area contributed by atoms with Crippen molar-refractivity contribution in [3.05, 3.63) is 15.6 Å². The summed E-state index contributed by atoms with van der Waals surface area (Å²) in [5, 5.41) is 4.99. The smallest absolute Gasteiger partial charge is 0.113 e. The Bertz CT molecular complexity index is 392. The molecule has 1 aromatic heterocycles. The third-order valence-corrected chi connectivity index (χ3v) is 4.85. The lowest BCUT2D eigenvalue weighted by molar-refractivity contribution is -0.0231. The van der Waals surface area contributed by atoms with Crippen LogP contribution in [0.4, 0.5) is 0 Å². The van der Waals surface area contributed by atoms with Gasteiger partial charge in [-0.05, 0) is 47.5 Å². The second-order valence-electron chi connectivity index (χ2n) is 5.68. The third kappa shape index (κ3) is 2.76. The SMILES string of the molecule is Cc1nc(C2(NC(C)C)CCOC(C)C2)sc1C. The average molecular weight is 268 g/mol. The molecule has 3 nitrogen and oxygen atoms in total. The Morgan fingerprint density at radius 3 is 2.67 bits per heavy atom. The van der Waals surface area contributed by atoms with Crippen molar-refractivity contribution < 1.29 is 4.74 Å². The number of hydrogen-bond acceptors (Lipinski definition) is 4. The molecule has 1 aliphatic rings.